The number of benzene rings is 2. The van der Waals surface area contributed by atoms with Gasteiger partial charge in [-0.25, -0.2) is 0 Å². The summed E-state index contributed by atoms with van der Waals surface area (Å²) >= 11 is 3.36. The molecule has 0 aliphatic rings. The molecule has 0 spiro atoms. The van der Waals surface area contributed by atoms with Crippen molar-refractivity contribution >= 4 is 33.2 Å². The average molecular weight is 316 g/mol. The van der Waals surface area contributed by atoms with Crippen LogP contribution in [0.3, 0.4) is 0 Å². The Bertz CT molecular complexity index is 659. The number of primary amides is 1. The zero-order valence-corrected chi connectivity index (χ0v) is 11.4. The molecule has 94 valence electrons. The molecule has 3 N–H and O–H groups in total. The molecule has 0 unspecified atom stereocenters. The van der Waals surface area contributed by atoms with E-state index in [-0.39, 0.29) is 0 Å². The number of nitrogens with zero attached hydrogens (tertiary/aromatic N) is 1. The van der Waals surface area contributed by atoms with Crippen LogP contribution in [0.1, 0.15) is 15.9 Å². The third-order valence-electron chi connectivity index (χ3n) is 2.55. The number of amides is 1. The maximum Gasteiger partial charge on any atom is 0.248 e. The molecule has 19 heavy (non-hydrogen) atoms. The van der Waals surface area contributed by atoms with Gasteiger partial charge in [-0.05, 0) is 42.5 Å². The number of nitrogens with two attached hydrogens (primary N) is 1. The Balaban J connectivity index is 2.28. The fourth-order valence-corrected chi connectivity index (χ4v) is 1.95. The van der Waals surface area contributed by atoms with E-state index in [2.05, 4.69) is 27.3 Å². The number of carbonyl (C=O) groups is 1. The topological polar surface area (TPSA) is 78.9 Å². The lowest BCUT2D eigenvalue weighted by Gasteiger charge is -2.09. The maximum atomic E-state index is 11.0. The van der Waals surface area contributed by atoms with Crippen molar-refractivity contribution in [1.29, 1.82) is 5.26 Å². The summed E-state index contributed by atoms with van der Waals surface area (Å²) in [7, 11) is 0. The number of nitrogens with one attached hydrogen (secondary N) is 1. The van der Waals surface area contributed by atoms with Gasteiger partial charge in [0.25, 0.3) is 0 Å². The highest BCUT2D eigenvalue weighted by atomic mass is 79.9. The second-order valence-electron chi connectivity index (χ2n) is 3.87. The normalized spacial score (nSPS) is 9.68. The van der Waals surface area contributed by atoms with Gasteiger partial charge in [0.15, 0.2) is 0 Å². The summed E-state index contributed by atoms with van der Waals surface area (Å²) in [6.07, 6.45) is 0. The SMILES string of the molecule is N#Cc1ccc(Br)cc1Nc1ccc(C(N)=O)cc1. The molecule has 4 nitrogen and oxygen atoms in total. The number of nitriles is 1. The quantitative estimate of drug-likeness (QED) is 0.913. The van der Waals surface area contributed by atoms with Crippen molar-refractivity contribution in [3.63, 3.8) is 0 Å². The molecule has 1 amide bonds. The van der Waals surface area contributed by atoms with Crippen LogP contribution in [0.5, 0.6) is 0 Å². The van der Waals surface area contributed by atoms with E-state index in [0.717, 1.165) is 10.2 Å². The smallest absolute Gasteiger partial charge is 0.248 e. The molecule has 0 aromatic heterocycles. The molecule has 0 atom stereocenters. The summed E-state index contributed by atoms with van der Waals surface area (Å²) in [5.41, 5.74) is 7.64. The molecular weight excluding hydrogens is 306 g/mol. The zero-order chi connectivity index (χ0) is 13.8. The third-order valence-corrected chi connectivity index (χ3v) is 3.04. The first-order valence-corrected chi connectivity index (χ1v) is 6.26. The van der Waals surface area contributed by atoms with Crippen LogP contribution in [0.2, 0.25) is 0 Å². The maximum absolute atomic E-state index is 11.0. The van der Waals surface area contributed by atoms with Crippen molar-refractivity contribution in [1.82, 2.24) is 0 Å². The van der Waals surface area contributed by atoms with Gasteiger partial charge in [-0.1, -0.05) is 15.9 Å². The monoisotopic (exact) mass is 315 g/mol. The van der Waals surface area contributed by atoms with Crippen LogP contribution in [-0.4, -0.2) is 5.91 Å². The van der Waals surface area contributed by atoms with Crippen LogP contribution in [0, 0.1) is 11.3 Å². The molecule has 2 aromatic carbocycles. The van der Waals surface area contributed by atoms with Crippen molar-refractivity contribution in [2.45, 2.75) is 0 Å². The Morgan fingerprint density at radius 1 is 1.21 bits per heavy atom. The fraction of sp³-hybridized carbons (Fsp3) is 0. The second-order valence-corrected chi connectivity index (χ2v) is 4.78. The van der Waals surface area contributed by atoms with E-state index < -0.39 is 5.91 Å². The lowest BCUT2D eigenvalue weighted by atomic mass is 10.1. The molecule has 0 aliphatic carbocycles. The first kappa shape index (κ1) is 13.1. The highest BCUT2D eigenvalue weighted by Crippen LogP contribution is 2.24. The Morgan fingerprint density at radius 3 is 2.47 bits per heavy atom. The first-order valence-electron chi connectivity index (χ1n) is 5.46. The standard InChI is InChI=1S/C14H10BrN3O/c15-11-4-1-10(8-16)13(7-11)18-12-5-2-9(3-6-12)14(17)19/h1-7,18H,(H2,17,19). The van der Waals surface area contributed by atoms with E-state index in [9.17, 15) is 4.79 Å². The summed E-state index contributed by atoms with van der Waals surface area (Å²) in [4.78, 5) is 11.0. The third kappa shape index (κ3) is 3.12. The number of hydrogen-bond donors (Lipinski definition) is 2. The van der Waals surface area contributed by atoms with E-state index in [4.69, 9.17) is 11.0 Å². The Kier molecular flexibility index (Phi) is 3.83. The molecule has 0 aliphatic heterocycles. The Morgan fingerprint density at radius 2 is 1.89 bits per heavy atom. The molecule has 0 heterocycles. The number of anilines is 2. The number of carbonyl (C=O) groups excluding carboxylic acids is 1. The molecule has 0 radical (unpaired) electrons. The van der Waals surface area contributed by atoms with Gasteiger partial charge in [0.2, 0.25) is 5.91 Å². The van der Waals surface area contributed by atoms with Crippen molar-refractivity contribution in [3.05, 3.63) is 58.1 Å². The van der Waals surface area contributed by atoms with Crippen molar-refractivity contribution in [2.24, 2.45) is 5.73 Å². The lowest BCUT2D eigenvalue weighted by Crippen LogP contribution is -2.10. The molecule has 2 aromatic rings. The molecule has 0 fully saturated rings. The molecule has 0 bridgehead atoms. The van der Waals surface area contributed by atoms with Gasteiger partial charge in [0, 0.05) is 15.7 Å². The predicted octanol–water partition coefficient (Wildman–Crippen LogP) is 3.16. The van der Waals surface area contributed by atoms with Crippen LogP contribution in [0.25, 0.3) is 0 Å². The van der Waals surface area contributed by atoms with Gasteiger partial charge in [0.05, 0.1) is 11.3 Å². The van der Waals surface area contributed by atoms with E-state index in [1.165, 1.54) is 0 Å². The number of hydrogen-bond acceptors (Lipinski definition) is 3. The fourth-order valence-electron chi connectivity index (χ4n) is 1.59. The van der Waals surface area contributed by atoms with E-state index in [0.29, 0.717) is 16.8 Å². The second kappa shape index (κ2) is 5.55. The molecule has 0 saturated heterocycles. The largest absolute Gasteiger partial charge is 0.366 e. The van der Waals surface area contributed by atoms with Gasteiger partial charge < -0.3 is 11.1 Å². The molecular formula is C14H10BrN3O. The minimum absolute atomic E-state index is 0.445. The summed E-state index contributed by atoms with van der Waals surface area (Å²) in [6.45, 7) is 0. The van der Waals surface area contributed by atoms with E-state index in [1.807, 2.05) is 6.07 Å². The minimum Gasteiger partial charge on any atom is -0.366 e. The van der Waals surface area contributed by atoms with Crippen LogP contribution < -0.4 is 11.1 Å². The minimum atomic E-state index is -0.466. The van der Waals surface area contributed by atoms with Gasteiger partial charge in [-0.2, -0.15) is 5.26 Å². The molecule has 5 heteroatoms. The highest BCUT2D eigenvalue weighted by molar-refractivity contribution is 9.10. The summed E-state index contributed by atoms with van der Waals surface area (Å²) < 4.78 is 0.878. The lowest BCUT2D eigenvalue weighted by molar-refractivity contribution is 0.100. The predicted molar refractivity (Wildman–Crippen MR) is 77.1 cm³/mol. The van der Waals surface area contributed by atoms with Crippen molar-refractivity contribution in [3.8, 4) is 6.07 Å². The van der Waals surface area contributed by atoms with Crippen LogP contribution in [0.15, 0.2) is 46.9 Å². The van der Waals surface area contributed by atoms with Gasteiger partial charge in [0.1, 0.15) is 6.07 Å². The Labute approximate surface area is 119 Å². The van der Waals surface area contributed by atoms with Crippen LogP contribution in [0.4, 0.5) is 11.4 Å². The van der Waals surface area contributed by atoms with Gasteiger partial charge in [-0.15, -0.1) is 0 Å². The summed E-state index contributed by atoms with van der Waals surface area (Å²) in [6, 6.07) is 14.2. The van der Waals surface area contributed by atoms with E-state index in [1.54, 1.807) is 36.4 Å². The van der Waals surface area contributed by atoms with Crippen LogP contribution in [-0.2, 0) is 0 Å². The highest BCUT2D eigenvalue weighted by Gasteiger charge is 2.04. The van der Waals surface area contributed by atoms with Crippen molar-refractivity contribution < 1.29 is 4.79 Å². The summed E-state index contributed by atoms with van der Waals surface area (Å²) in [5.74, 6) is -0.466. The average Bonchev–Trinajstić information content (AvgIpc) is 2.39. The van der Waals surface area contributed by atoms with Crippen molar-refractivity contribution in [2.75, 3.05) is 5.32 Å². The van der Waals surface area contributed by atoms with E-state index >= 15 is 0 Å². The number of halogens is 1. The Hall–Kier alpha value is -2.32. The zero-order valence-electron chi connectivity index (χ0n) is 9.85. The first-order chi connectivity index (χ1) is 9.10. The number of rotatable bonds is 3. The van der Waals surface area contributed by atoms with Gasteiger partial charge >= 0.3 is 0 Å². The van der Waals surface area contributed by atoms with Crippen LogP contribution >= 0.6 is 15.9 Å². The molecule has 0 saturated carbocycles. The molecule has 2 rings (SSSR count). The van der Waals surface area contributed by atoms with Gasteiger partial charge in [-0.3, -0.25) is 4.79 Å². The summed E-state index contributed by atoms with van der Waals surface area (Å²) in [5, 5.41) is 12.2.